The minimum Gasteiger partial charge on any atom is -0.497 e. The van der Waals surface area contributed by atoms with Crippen molar-refractivity contribution in [2.24, 2.45) is 5.41 Å². The molecule has 2 saturated heterocycles. The number of likely N-dealkylation sites (N-methyl/N-ethyl adjacent to an activating group) is 1. The van der Waals surface area contributed by atoms with Gasteiger partial charge in [-0.25, -0.2) is 4.72 Å². The van der Waals surface area contributed by atoms with Crippen LogP contribution >= 0.6 is 0 Å². The van der Waals surface area contributed by atoms with E-state index in [0.717, 1.165) is 77.4 Å². The van der Waals surface area contributed by atoms with Crippen molar-refractivity contribution in [1.82, 2.24) is 23.4 Å². The van der Waals surface area contributed by atoms with E-state index in [1.807, 2.05) is 18.2 Å². The number of benzene rings is 2. The van der Waals surface area contributed by atoms with Gasteiger partial charge >= 0.3 is 10.2 Å². The van der Waals surface area contributed by atoms with E-state index in [-0.39, 0.29) is 36.0 Å². The lowest BCUT2D eigenvalue weighted by molar-refractivity contribution is -0.143. The van der Waals surface area contributed by atoms with Crippen LogP contribution in [0.15, 0.2) is 36.4 Å². The van der Waals surface area contributed by atoms with E-state index in [1.165, 1.54) is 37.4 Å². The van der Waals surface area contributed by atoms with Crippen molar-refractivity contribution in [3.8, 4) is 17.0 Å². The molecule has 10 nitrogen and oxygen atoms in total. The molecule has 4 unspecified atom stereocenters. The second-order valence-electron chi connectivity index (χ2n) is 15.0. The molecule has 2 amide bonds. The minimum atomic E-state index is -3.98. The first-order valence-electron chi connectivity index (χ1n) is 17.7. The Balaban J connectivity index is 1.31. The molecule has 3 aromatic rings. The number of hydrogen-bond acceptors (Lipinski definition) is 6. The van der Waals surface area contributed by atoms with E-state index in [9.17, 15) is 13.2 Å². The van der Waals surface area contributed by atoms with Crippen LogP contribution < -0.4 is 9.46 Å². The summed E-state index contributed by atoms with van der Waals surface area (Å²) in [5.74, 6) is 0.834. The van der Waals surface area contributed by atoms with E-state index >= 15 is 4.79 Å². The zero-order valence-electron chi connectivity index (χ0n) is 28.5. The van der Waals surface area contributed by atoms with Crippen LogP contribution in [0, 0.1) is 5.41 Å². The number of aromatic nitrogens is 1. The highest BCUT2D eigenvalue weighted by molar-refractivity contribution is 7.87. The van der Waals surface area contributed by atoms with Gasteiger partial charge in [0.1, 0.15) is 5.75 Å². The molecule has 2 bridgehead atoms. The zero-order valence-corrected chi connectivity index (χ0v) is 29.3. The fourth-order valence-corrected chi connectivity index (χ4v) is 10.4. The van der Waals surface area contributed by atoms with Gasteiger partial charge < -0.3 is 19.1 Å². The molecule has 2 saturated carbocycles. The number of fused-ring (bicyclic) bond motifs is 9. The van der Waals surface area contributed by atoms with Crippen LogP contribution in [-0.2, 0) is 21.5 Å². The van der Waals surface area contributed by atoms with Crippen molar-refractivity contribution in [3.05, 3.63) is 53.1 Å². The van der Waals surface area contributed by atoms with Gasteiger partial charge in [-0.1, -0.05) is 32.3 Å². The van der Waals surface area contributed by atoms with E-state index in [2.05, 4.69) is 38.3 Å². The van der Waals surface area contributed by atoms with Gasteiger partial charge in [0.2, 0.25) is 5.91 Å². The maximum Gasteiger partial charge on any atom is 0.303 e. The molecule has 4 atom stereocenters. The first-order chi connectivity index (χ1) is 23.1. The van der Waals surface area contributed by atoms with Crippen molar-refractivity contribution < 1.29 is 22.7 Å². The maximum absolute atomic E-state index is 15.0. The molecule has 11 heteroatoms. The smallest absolute Gasteiger partial charge is 0.303 e. The first-order valence-corrected chi connectivity index (χ1v) is 19.1. The number of ether oxygens (including phenoxy) is 1. The SMILES string of the molecule is CCN(C)S(=O)(=O)NC(=O)c1ccc2c(C3CCCCC3)c3n(c2c1)CC1(C(=O)N2C4CCC2CN(C)C4)CC1c1cc(OC)ccc1-3. The Labute approximate surface area is 283 Å². The van der Waals surface area contributed by atoms with Gasteiger partial charge in [-0.15, -0.1) is 0 Å². The summed E-state index contributed by atoms with van der Waals surface area (Å²) in [4.78, 5) is 33.1. The van der Waals surface area contributed by atoms with Gasteiger partial charge in [0, 0.05) is 73.3 Å². The number of nitrogens with one attached hydrogen (secondary N) is 1. The summed E-state index contributed by atoms with van der Waals surface area (Å²) in [6.07, 6.45) is 8.64. The largest absolute Gasteiger partial charge is 0.497 e. The number of likely N-dealkylation sites (tertiary alicyclic amines) is 1. The van der Waals surface area contributed by atoms with Crippen molar-refractivity contribution >= 4 is 32.9 Å². The molecule has 1 aromatic heterocycles. The Morgan fingerprint density at radius 1 is 1.02 bits per heavy atom. The third-order valence-electron chi connectivity index (χ3n) is 12.2. The Bertz CT molecular complexity index is 1900. The summed E-state index contributed by atoms with van der Waals surface area (Å²) in [5, 5.41) is 1.09. The predicted octanol–water partition coefficient (Wildman–Crippen LogP) is 5.08. The van der Waals surface area contributed by atoms with Gasteiger partial charge in [-0.3, -0.25) is 9.59 Å². The van der Waals surface area contributed by atoms with Crippen molar-refractivity contribution in [3.63, 3.8) is 0 Å². The highest BCUT2D eigenvalue weighted by atomic mass is 32.2. The number of hydrogen-bond donors (Lipinski definition) is 1. The number of carbonyl (C=O) groups excluding carboxylic acids is 2. The Hall–Kier alpha value is -3.41. The summed E-state index contributed by atoms with van der Waals surface area (Å²) in [5.41, 5.74) is 5.34. The highest BCUT2D eigenvalue weighted by Crippen LogP contribution is 2.66. The summed E-state index contributed by atoms with van der Waals surface area (Å²) in [6, 6.07) is 12.4. The second-order valence-corrected chi connectivity index (χ2v) is 16.7. The monoisotopic (exact) mass is 673 g/mol. The molecule has 0 radical (unpaired) electrons. The molecule has 5 aliphatic rings. The molecule has 8 rings (SSSR count). The summed E-state index contributed by atoms with van der Waals surface area (Å²) in [7, 11) is 1.32. The molecule has 0 spiro atoms. The summed E-state index contributed by atoms with van der Waals surface area (Å²) in [6.45, 7) is 4.31. The standard InChI is InChI=1S/C37H47N5O5S/c1-5-40(3)48(45,46)38-35(43)24-11-15-29-32(17-24)41-22-37(36(44)42-25-12-13-26(42)21-39(2)20-25)19-31(37)30-18-27(47-4)14-16-28(30)34(41)33(29)23-9-7-6-8-10-23/h11,14-18,23,25-26,31H,5-10,12-13,19-22H2,1-4H3,(H,38,43). The number of rotatable bonds is 7. The van der Waals surface area contributed by atoms with E-state index in [1.54, 1.807) is 20.1 Å². The molecule has 4 heterocycles. The number of methoxy groups -OCH3 is 1. The van der Waals surface area contributed by atoms with Crippen molar-refractivity contribution in [1.29, 1.82) is 0 Å². The molecular formula is C37H47N5O5S. The number of nitrogens with zero attached hydrogens (tertiary/aromatic N) is 4. The number of amides is 2. The Kier molecular flexibility index (Phi) is 7.69. The lowest BCUT2D eigenvalue weighted by Gasteiger charge is -2.41. The fraction of sp³-hybridized carbons (Fsp3) is 0.568. The number of piperazine rings is 1. The molecule has 3 aliphatic heterocycles. The minimum absolute atomic E-state index is 0.0736. The fourth-order valence-electron chi connectivity index (χ4n) is 9.55. The molecule has 1 N–H and O–H groups in total. The topological polar surface area (TPSA) is 104 Å². The molecule has 256 valence electrons. The third kappa shape index (κ3) is 4.90. The van der Waals surface area contributed by atoms with Crippen molar-refractivity contribution in [2.75, 3.05) is 40.8 Å². The van der Waals surface area contributed by atoms with E-state index < -0.39 is 21.5 Å². The van der Waals surface area contributed by atoms with Gasteiger partial charge in [-0.2, -0.15) is 12.7 Å². The van der Waals surface area contributed by atoms with Gasteiger partial charge in [0.25, 0.3) is 5.91 Å². The first kappa shape index (κ1) is 31.8. The quantitative estimate of drug-likeness (QED) is 0.375. The average molecular weight is 674 g/mol. The van der Waals surface area contributed by atoms with E-state index in [0.29, 0.717) is 12.5 Å². The molecular weight excluding hydrogens is 627 g/mol. The molecule has 2 aliphatic carbocycles. The second kappa shape index (κ2) is 11.6. The van der Waals surface area contributed by atoms with Crippen LogP contribution in [0.3, 0.4) is 0 Å². The Morgan fingerprint density at radius 3 is 2.44 bits per heavy atom. The maximum atomic E-state index is 15.0. The van der Waals surface area contributed by atoms with Crippen LogP contribution in [0.5, 0.6) is 5.75 Å². The van der Waals surface area contributed by atoms with Crippen LogP contribution in [0.2, 0.25) is 0 Å². The van der Waals surface area contributed by atoms with Gasteiger partial charge in [-0.05, 0) is 86.5 Å². The van der Waals surface area contributed by atoms with Gasteiger partial charge in [0.15, 0.2) is 0 Å². The normalized spacial score (nSPS) is 26.9. The molecule has 2 aromatic carbocycles. The van der Waals surface area contributed by atoms with Crippen LogP contribution in [0.1, 0.15) is 91.6 Å². The average Bonchev–Trinajstić information content (AvgIpc) is 3.67. The zero-order chi connectivity index (χ0) is 33.5. The highest BCUT2D eigenvalue weighted by Gasteiger charge is 2.65. The molecule has 48 heavy (non-hydrogen) atoms. The van der Waals surface area contributed by atoms with Crippen LogP contribution in [0.4, 0.5) is 0 Å². The lowest BCUT2D eigenvalue weighted by Crippen LogP contribution is -2.57. The molecule has 4 fully saturated rings. The summed E-state index contributed by atoms with van der Waals surface area (Å²) >= 11 is 0. The van der Waals surface area contributed by atoms with E-state index in [4.69, 9.17) is 4.74 Å². The van der Waals surface area contributed by atoms with Crippen LogP contribution in [0.25, 0.3) is 22.2 Å². The lowest BCUT2D eigenvalue weighted by atomic mass is 9.81. The van der Waals surface area contributed by atoms with Crippen molar-refractivity contribution in [2.45, 2.75) is 88.8 Å². The Morgan fingerprint density at radius 2 is 1.75 bits per heavy atom. The predicted molar refractivity (Wildman–Crippen MR) is 185 cm³/mol. The third-order valence-corrected chi connectivity index (χ3v) is 13.7. The number of carbonyl (C=O) groups is 2. The van der Waals surface area contributed by atoms with Crippen LogP contribution in [-0.4, -0.2) is 91.8 Å². The van der Waals surface area contributed by atoms with Gasteiger partial charge in [0.05, 0.1) is 18.2 Å². The summed E-state index contributed by atoms with van der Waals surface area (Å²) < 4.78 is 37.1.